The van der Waals surface area contributed by atoms with Crippen LogP contribution in [0.3, 0.4) is 0 Å². The summed E-state index contributed by atoms with van der Waals surface area (Å²) in [5, 5.41) is 22.8. The summed E-state index contributed by atoms with van der Waals surface area (Å²) in [6.07, 6.45) is 0.675. The van der Waals surface area contributed by atoms with Crippen LogP contribution in [0.5, 0.6) is 0 Å². The SMILES string of the molecule is Cc1c(CNC(C)CCO)cccc1[N+](=O)[O-]. The summed E-state index contributed by atoms with van der Waals surface area (Å²) in [6.45, 7) is 4.45. The van der Waals surface area contributed by atoms with Crippen molar-refractivity contribution < 1.29 is 10.0 Å². The highest BCUT2D eigenvalue weighted by Crippen LogP contribution is 2.20. The maximum Gasteiger partial charge on any atom is 0.272 e. The second-order valence-electron chi connectivity index (χ2n) is 4.11. The van der Waals surface area contributed by atoms with E-state index >= 15 is 0 Å². The number of nitro groups is 1. The minimum absolute atomic E-state index is 0.141. The Labute approximate surface area is 101 Å². The number of nitrogens with one attached hydrogen (secondary N) is 1. The third-order valence-electron chi connectivity index (χ3n) is 2.82. The van der Waals surface area contributed by atoms with E-state index in [4.69, 9.17) is 5.11 Å². The zero-order chi connectivity index (χ0) is 12.8. The zero-order valence-electron chi connectivity index (χ0n) is 10.1. The van der Waals surface area contributed by atoms with Gasteiger partial charge in [0.25, 0.3) is 5.69 Å². The predicted octanol–water partition coefficient (Wildman–Crippen LogP) is 1.76. The molecular formula is C12H18N2O3. The summed E-state index contributed by atoms with van der Waals surface area (Å²) in [4.78, 5) is 10.4. The van der Waals surface area contributed by atoms with Gasteiger partial charge >= 0.3 is 0 Å². The fraction of sp³-hybridized carbons (Fsp3) is 0.500. The van der Waals surface area contributed by atoms with Gasteiger partial charge in [0.15, 0.2) is 0 Å². The molecule has 1 unspecified atom stereocenters. The van der Waals surface area contributed by atoms with Crippen molar-refractivity contribution in [3.05, 3.63) is 39.4 Å². The van der Waals surface area contributed by atoms with Gasteiger partial charge in [-0.1, -0.05) is 12.1 Å². The molecule has 0 fully saturated rings. The van der Waals surface area contributed by atoms with Gasteiger partial charge in [0.05, 0.1) is 4.92 Å². The van der Waals surface area contributed by atoms with Gasteiger partial charge in [-0.25, -0.2) is 0 Å². The topological polar surface area (TPSA) is 75.4 Å². The summed E-state index contributed by atoms with van der Waals surface area (Å²) in [7, 11) is 0. The maximum absolute atomic E-state index is 10.8. The highest BCUT2D eigenvalue weighted by molar-refractivity contribution is 5.44. The van der Waals surface area contributed by atoms with Crippen LogP contribution in [-0.2, 0) is 6.54 Å². The Hall–Kier alpha value is -1.46. The molecule has 0 saturated heterocycles. The van der Waals surface area contributed by atoms with E-state index < -0.39 is 0 Å². The first kappa shape index (κ1) is 13.6. The minimum Gasteiger partial charge on any atom is -0.396 e. The van der Waals surface area contributed by atoms with Crippen LogP contribution >= 0.6 is 0 Å². The Kier molecular flexibility index (Phi) is 5.06. The molecule has 0 radical (unpaired) electrons. The van der Waals surface area contributed by atoms with Crippen LogP contribution in [0.15, 0.2) is 18.2 Å². The van der Waals surface area contributed by atoms with Crippen molar-refractivity contribution >= 4 is 5.69 Å². The van der Waals surface area contributed by atoms with Gasteiger partial charge in [-0.3, -0.25) is 10.1 Å². The van der Waals surface area contributed by atoms with Crippen molar-refractivity contribution in [2.24, 2.45) is 0 Å². The molecule has 0 heterocycles. The number of aliphatic hydroxyl groups is 1. The molecule has 0 aliphatic rings. The molecule has 17 heavy (non-hydrogen) atoms. The molecule has 0 aromatic heterocycles. The maximum atomic E-state index is 10.8. The van der Waals surface area contributed by atoms with Gasteiger partial charge in [-0.05, 0) is 25.8 Å². The van der Waals surface area contributed by atoms with E-state index in [0.29, 0.717) is 18.5 Å². The molecule has 94 valence electrons. The van der Waals surface area contributed by atoms with E-state index in [1.807, 2.05) is 13.0 Å². The fourth-order valence-electron chi connectivity index (χ4n) is 1.64. The van der Waals surface area contributed by atoms with Crippen molar-refractivity contribution in [1.82, 2.24) is 5.32 Å². The Morgan fingerprint density at radius 3 is 2.82 bits per heavy atom. The summed E-state index contributed by atoms with van der Waals surface area (Å²) in [5.74, 6) is 0. The molecule has 1 aromatic carbocycles. The van der Waals surface area contributed by atoms with Gasteiger partial charge < -0.3 is 10.4 Å². The lowest BCUT2D eigenvalue weighted by atomic mass is 10.1. The summed E-state index contributed by atoms with van der Waals surface area (Å²) in [6, 6.07) is 5.27. The number of nitrogens with zero attached hydrogens (tertiary/aromatic N) is 1. The second kappa shape index (κ2) is 6.32. The lowest BCUT2D eigenvalue weighted by Gasteiger charge is -2.13. The molecule has 5 nitrogen and oxygen atoms in total. The Bertz CT molecular complexity index is 393. The lowest BCUT2D eigenvalue weighted by molar-refractivity contribution is -0.385. The number of hydrogen-bond acceptors (Lipinski definition) is 4. The van der Waals surface area contributed by atoms with Crippen LogP contribution in [0, 0.1) is 17.0 Å². The number of aliphatic hydroxyl groups excluding tert-OH is 1. The summed E-state index contributed by atoms with van der Waals surface area (Å²) in [5.41, 5.74) is 1.77. The summed E-state index contributed by atoms with van der Waals surface area (Å²) < 4.78 is 0. The van der Waals surface area contributed by atoms with Crippen LogP contribution in [-0.4, -0.2) is 22.7 Å². The van der Waals surface area contributed by atoms with Gasteiger partial charge in [0.2, 0.25) is 0 Å². The minimum atomic E-state index is -0.365. The van der Waals surface area contributed by atoms with Crippen molar-refractivity contribution in [3.63, 3.8) is 0 Å². The van der Waals surface area contributed by atoms with E-state index in [1.165, 1.54) is 6.07 Å². The van der Waals surface area contributed by atoms with Crippen LogP contribution < -0.4 is 5.32 Å². The van der Waals surface area contributed by atoms with E-state index in [-0.39, 0.29) is 23.3 Å². The van der Waals surface area contributed by atoms with Gasteiger partial charge in [0.1, 0.15) is 0 Å². The molecule has 1 rings (SSSR count). The van der Waals surface area contributed by atoms with Crippen LogP contribution in [0.4, 0.5) is 5.69 Å². The largest absolute Gasteiger partial charge is 0.396 e. The normalized spacial score (nSPS) is 12.4. The number of nitro benzene ring substituents is 1. The first-order valence-electron chi connectivity index (χ1n) is 5.63. The van der Waals surface area contributed by atoms with Crippen molar-refractivity contribution in [1.29, 1.82) is 0 Å². The van der Waals surface area contributed by atoms with E-state index in [2.05, 4.69) is 5.32 Å². The first-order chi connectivity index (χ1) is 8.06. The molecule has 1 aromatic rings. The van der Waals surface area contributed by atoms with Crippen LogP contribution in [0.25, 0.3) is 0 Å². The quantitative estimate of drug-likeness (QED) is 0.585. The monoisotopic (exact) mass is 238 g/mol. The van der Waals surface area contributed by atoms with Gasteiger partial charge in [-0.15, -0.1) is 0 Å². The number of benzene rings is 1. The highest BCUT2D eigenvalue weighted by atomic mass is 16.6. The number of hydrogen-bond donors (Lipinski definition) is 2. The summed E-state index contributed by atoms with van der Waals surface area (Å²) >= 11 is 0. The van der Waals surface area contributed by atoms with Crippen molar-refractivity contribution in [3.8, 4) is 0 Å². The molecule has 0 spiro atoms. The van der Waals surface area contributed by atoms with Gasteiger partial charge in [-0.2, -0.15) is 0 Å². The van der Waals surface area contributed by atoms with E-state index in [0.717, 1.165) is 5.56 Å². The van der Waals surface area contributed by atoms with E-state index in [1.54, 1.807) is 13.0 Å². The Balaban J connectivity index is 2.72. The molecule has 0 aliphatic heterocycles. The predicted molar refractivity (Wildman–Crippen MR) is 65.8 cm³/mol. The first-order valence-corrected chi connectivity index (χ1v) is 5.63. The molecule has 0 aliphatic carbocycles. The average Bonchev–Trinajstić information content (AvgIpc) is 2.27. The zero-order valence-corrected chi connectivity index (χ0v) is 10.1. The molecule has 0 amide bonds. The van der Waals surface area contributed by atoms with Crippen LogP contribution in [0.2, 0.25) is 0 Å². The smallest absolute Gasteiger partial charge is 0.272 e. The van der Waals surface area contributed by atoms with E-state index in [9.17, 15) is 10.1 Å². The highest BCUT2D eigenvalue weighted by Gasteiger charge is 2.13. The van der Waals surface area contributed by atoms with Crippen molar-refractivity contribution in [2.75, 3.05) is 6.61 Å². The van der Waals surface area contributed by atoms with Crippen LogP contribution in [0.1, 0.15) is 24.5 Å². The molecular weight excluding hydrogens is 220 g/mol. The van der Waals surface area contributed by atoms with Gasteiger partial charge in [0, 0.05) is 30.8 Å². The molecule has 5 heteroatoms. The molecule has 0 saturated carbocycles. The number of rotatable bonds is 6. The second-order valence-corrected chi connectivity index (χ2v) is 4.11. The Morgan fingerprint density at radius 2 is 2.24 bits per heavy atom. The fourth-order valence-corrected chi connectivity index (χ4v) is 1.64. The third-order valence-corrected chi connectivity index (χ3v) is 2.82. The lowest BCUT2D eigenvalue weighted by Crippen LogP contribution is -2.26. The molecule has 2 N–H and O–H groups in total. The molecule has 1 atom stereocenters. The average molecular weight is 238 g/mol. The third kappa shape index (κ3) is 3.80. The standard InChI is InChI=1S/C12H18N2O3/c1-9(6-7-15)13-8-11-4-3-5-12(10(11)2)14(16)17/h3-5,9,13,15H,6-8H2,1-2H3. The molecule has 0 bridgehead atoms. The van der Waals surface area contributed by atoms with Crippen molar-refractivity contribution in [2.45, 2.75) is 32.9 Å². The Morgan fingerprint density at radius 1 is 1.53 bits per heavy atom.